The van der Waals surface area contributed by atoms with Gasteiger partial charge in [0.2, 0.25) is 0 Å². The topological polar surface area (TPSA) is 78.4 Å². The van der Waals surface area contributed by atoms with Gasteiger partial charge in [-0.05, 0) is 49.6 Å². The van der Waals surface area contributed by atoms with Crippen LogP contribution in [0.4, 0.5) is 10.5 Å². The smallest absolute Gasteiger partial charge is 0.319 e. The van der Waals surface area contributed by atoms with E-state index in [2.05, 4.69) is 10.6 Å². The van der Waals surface area contributed by atoms with Crippen LogP contribution >= 0.6 is 0 Å². The normalized spacial score (nSPS) is 11.6. The van der Waals surface area contributed by atoms with E-state index in [9.17, 15) is 14.7 Å². The van der Waals surface area contributed by atoms with Gasteiger partial charge >= 0.3 is 6.03 Å². The summed E-state index contributed by atoms with van der Waals surface area (Å²) in [5.74, 6) is -0.00148. The van der Waals surface area contributed by atoms with Crippen molar-refractivity contribution in [1.29, 1.82) is 0 Å². The second kappa shape index (κ2) is 8.26. The zero-order valence-electron chi connectivity index (χ0n) is 13.9. The van der Waals surface area contributed by atoms with Crippen LogP contribution < -0.4 is 10.6 Å². The van der Waals surface area contributed by atoms with Crippen LogP contribution in [0.25, 0.3) is 0 Å². The van der Waals surface area contributed by atoms with Gasteiger partial charge in [0.25, 0.3) is 0 Å². The molecule has 1 unspecified atom stereocenters. The van der Waals surface area contributed by atoms with Crippen molar-refractivity contribution in [1.82, 2.24) is 5.32 Å². The quantitative estimate of drug-likeness (QED) is 0.712. The Balaban J connectivity index is 1.81. The molecule has 0 saturated heterocycles. The van der Waals surface area contributed by atoms with Gasteiger partial charge in [0.05, 0.1) is 6.10 Å². The SMILES string of the molecule is CC(=O)c1ccc(NC(=O)NCCC(O)c2ccccc2)cc1C. The van der Waals surface area contributed by atoms with Gasteiger partial charge in [0, 0.05) is 17.8 Å². The molecule has 0 aliphatic heterocycles. The van der Waals surface area contributed by atoms with E-state index in [1.807, 2.05) is 37.3 Å². The van der Waals surface area contributed by atoms with Crippen LogP contribution in [0.2, 0.25) is 0 Å². The molecule has 1 atom stereocenters. The van der Waals surface area contributed by atoms with Crippen LogP contribution in [0, 0.1) is 6.92 Å². The Morgan fingerprint density at radius 2 is 1.83 bits per heavy atom. The van der Waals surface area contributed by atoms with Gasteiger partial charge in [-0.3, -0.25) is 4.79 Å². The van der Waals surface area contributed by atoms with Crippen LogP contribution in [0.1, 0.15) is 40.9 Å². The lowest BCUT2D eigenvalue weighted by atomic mass is 10.1. The number of hydrogen-bond acceptors (Lipinski definition) is 3. The largest absolute Gasteiger partial charge is 0.388 e. The van der Waals surface area contributed by atoms with Crippen molar-refractivity contribution in [2.75, 3.05) is 11.9 Å². The van der Waals surface area contributed by atoms with Crippen molar-refractivity contribution in [3.8, 4) is 0 Å². The van der Waals surface area contributed by atoms with Crippen LogP contribution in [0.5, 0.6) is 0 Å². The van der Waals surface area contributed by atoms with Crippen molar-refractivity contribution in [2.45, 2.75) is 26.4 Å². The summed E-state index contributed by atoms with van der Waals surface area (Å²) in [5.41, 5.74) is 2.92. The Morgan fingerprint density at radius 3 is 2.46 bits per heavy atom. The molecule has 5 nitrogen and oxygen atoms in total. The molecule has 2 aromatic carbocycles. The summed E-state index contributed by atoms with van der Waals surface area (Å²) in [6.07, 6.45) is -0.177. The number of carbonyl (C=O) groups excluding carboxylic acids is 2. The summed E-state index contributed by atoms with van der Waals surface area (Å²) in [4.78, 5) is 23.3. The average molecular weight is 326 g/mol. The molecule has 5 heteroatoms. The van der Waals surface area contributed by atoms with E-state index in [1.54, 1.807) is 18.2 Å². The lowest BCUT2D eigenvalue weighted by Gasteiger charge is -2.12. The molecule has 0 radical (unpaired) electrons. The predicted octanol–water partition coefficient (Wildman–Crippen LogP) is 3.44. The maximum Gasteiger partial charge on any atom is 0.319 e. The van der Waals surface area contributed by atoms with E-state index >= 15 is 0 Å². The molecule has 0 spiro atoms. The zero-order valence-corrected chi connectivity index (χ0v) is 13.9. The molecular formula is C19H22N2O3. The minimum atomic E-state index is -0.608. The van der Waals surface area contributed by atoms with Crippen molar-refractivity contribution in [2.24, 2.45) is 0 Å². The first kappa shape index (κ1) is 17.7. The van der Waals surface area contributed by atoms with Crippen molar-refractivity contribution in [3.63, 3.8) is 0 Å². The highest BCUT2D eigenvalue weighted by molar-refractivity contribution is 5.96. The molecule has 0 aliphatic carbocycles. The molecule has 0 aliphatic rings. The summed E-state index contributed by atoms with van der Waals surface area (Å²) in [6, 6.07) is 14.1. The maximum atomic E-state index is 11.9. The molecule has 24 heavy (non-hydrogen) atoms. The highest BCUT2D eigenvalue weighted by atomic mass is 16.3. The summed E-state index contributed by atoms with van der Waals surface area (Å²) < 4.78 is 0. The summed E-state index contributed by atoms with van der Waals surface area (Å²) in [5, 5.41) is 15.5. The first-order chi connectivity index (χ1) is 11.5. The first-order valence-electron chi connectivity index (χ1n) is 7.87. The van der Waals surface area contributed by atoms with Crippen LogP contribution in [-0.2, 0) is 0 Å². The Bertz CT molecular complexity index is 714. The number of ketones is 1. The monoisotopic (exact) mass is 326 g/mol. The van der Waals surface area contributed by atoms with Crippen LogP contribution in [0.3, 0.4) is 0 Å². The highest BCUT2D eigenvalue weighted by Crippen LogP contribution is 2.16. The van der Waals surface area contributed by atoms with Gasteiger partial charge in [0.1, 0.15) is 0 Å². The molecule has 2 amide bonds. The lowest BCUT2D eigenvalue weighted by molar-refractivity contribution is 0.101. The number of urea groups is 1. The molecule has 3 N–H and O–H groups in total. The fraction of sp³-hybridized carbons (Fsp3) is 0.263. The fourth-order valence-electron chi connectivity index (χ4n) is 2.48. The van der Waals surface area contributed by atoms with Gasteiger partial charge in [-0.1, -0.05) is 30.3 Å². The number of anilines is 1. The fourth-order valence-corrected chi connectivity index (χ4v) is 2.48. The average Bonchev–Trinajstić information content (AvgIpc) is 2.55. The number of aryl methyl sites for hydroxylation is 1. The lowest BCUT2D eigenvalue weighted by Crippen LogP contribution is -2.30. The third-order valence-electron chi connectivity index (χ3n) is 3.75. The number of aliphatic hydroxyl groups excluding tert-OH is 1. The molecule has 0 aromatic heterocycles. The zero-order chi connectivity index (χ0) is 17.5. The number of nitrogens with one attached hydrogen (secondary N) is 2. The van der Waals surface area contributed by atoms with E-state index < -0.39 is 6.10 Å². The molecule has 2 aromatic rings. The number of amides is 2. The number of carbonyl (C=O) groups is 2. The van der Waals surface area contributed by atoms with Crippen LogP contribution in [0.15, 0.2) is 48.5 Å². The molecule has 0 heterocycles. The summed E-state index contributed by atoms with van der Waals surface area (Å²) in [6.45, 7) is 3.70. The van der Waals surface area contributed by atoms with Gasteiger partial charge in [-0.25, -0.2) is 4.79 Å². The second-order valence-electron chi connectivity index (χ2n) is 5.68. The van der Waals surface area contributed by atoms with Crippen molar-refractivity contribution >= 4 is 17.5 Å². The van der Waals surface area contributed by atoms with Gasteiger partial charge in [-0.15, -0.1) is 0 Å². The number of hydrogen-bond donors (Lipinski definition) is 3. The standard InChI is InChI=1S/C19H22N2O3/c1-13-12-16(8-9-17(13)14(2)22)21-19(24)20-11-10-18(23)15-6-4-3-5-7-15/h3-9,12,18,23H,10-11H2,1-2H3,(H2,20,21,24). The number of Topliss-reactive ketones (excluding diaryl/α,β-unsaturated/α-hetero) is 1. The molecule has 0 fully saturated rings. The molecule has 0 saturated carbocycles. The Labute approximate surface area is 141 Å². The Hall–Kier alpha value is -2.66. The van der Waals surface area contributed by atoms with Crippen molar-refractivity contribution < 1.29 is 14.7 Å². The van der Waals surface area contributed by atoms with E-state index in [4.69, 9.17) is 0 Å². The number of rotatable bonds is 6. The van der Waals surface area contributed by atoms with E-state index in [-0.39, 0.29) is 11.8 Å². The van der Waals surface area contributed by atoms with E-state index in [1.165, 1.54) is 6.92 Å². The predicted molar refractivity (Wildman–Crippen MR) is 94.2 cm³/mol. The summed E-state index contributed by atoms with van der Waals surface area (Å²) in [7, 11) is 0. The number of benzene rings is 2. The number of aliphatic hydroxyl groups is 1. The molecule has 126 valence electrons. The Morgan fingerprint density at radius 1 is 1.12 bits per heavy atom. The minimum Gasteiger partial charge on any atom is -0.388 e. The van der Waals surface area contributed by atoms with E-state index in [0.717, 1.165) is 11.1 Å². The molecule has 0 bridgehead atoms. The molecular weight excluding hydrogens is 304 g/mol. The third kappa shape index (κ3) is 4.93. The Kier molecular flexibility index (Phi) is 6.09. The van der Waals surface area contributed by atoms with Crippen LogP contribution in [-0.4, -0.2) is 23.5 Å². The third-order valence-corrected chi connectivity index (χ3v) is 3.75. The van der Waals surface area contributed by atoms with Gasteiger partial charge in [-0.2, -0.15) is 0 Å². The minimum absolute atomic E-state index is 0.00148. The first-order valence-corrected chi connectivity index (χ1v) is 7.87. The van der Waals surface area contributed by atoms with Gasteiger partial charge in [0.15, 0.2) is 5.78 Å². The van der Waals surface area contributed by atoms with Gasteiger partial charge < -0.3 is 15.7 Å². The second-order valence-corrected chi connectivity index (χ2v) is 5.68. The maximum absolute atomic E-state index is 11.9. The van der Waals surface area contributed by atoms with E-state index in [0.29, 0.717) is 24.2 Å². The highest BCUT2D eigenvalue weighted by Gasteiger charge is 2.09. The van der Waals surface area contributed by atoms with Crippen molar-refractivity contribution in [3.05, 3.63) is 65.2 Å². The molecule has 2 rings (SSSR count). The summed E-state index contributed by atoms with van der Waals surface area (Å²) >= 11 is 0.